The number of hydrogen-bond donors (Lipinski definition) is 4. The summed E-state index contributed by atoms with van der Waals surface area (Å²) >= 11 is 0. The molecule has 0 fully saturated rings. The van der Waals surface area contributed by atoms with Gasteiger partial charge in [0.2, 0.25) is 11.8 Å². The van der Waals surface area contributed by atoms with E-state index in [4.69, 9.17) is 10.8 Å². The fourth-order valence-corrected chi connectivity index (χ4v) is 2.51. The molecular weight excluding hydrogens is 312 g/mol. The Balaban J connectivity index is 4.19. The van der Waals surface area contributed by atoms with E-state index in [1.807, 2.05) is 0 Å². The second-order valence-corrected chi connectivity index (χ2v) is 6.65. The average Bonchev–Trinajstić information content (AvgIpc) is 2.46. The van der Waals surface area contributed by atoms with Crippen LogP contribution in [-0.4, -0.2) is 39.6 Å². The Morgan fingerprint density at radius 1 is 1.12 bits per heavy atom. The molecule has 2 amide bonds. The molecule has 7 heteroatoms. The second kappa shape index (κ2) is 11.8. The summed E-state index contributed by atoms with van der Waals surface area (Å²) in [6, 6.07) is -1.17. The number of nitrogens with one attached hydrogen (secondary N) is 1. The van der Waals surface area contributed by atoms with Gasteiger partial charge in [0.1, 0.15) is 6.04 Å². The van der Waals surface area contributed by atoms with Gasteiger partial charge in [0.25, 0.3) is 0 Å². The minimum atomic E-state index is -1.22. The normalized spacial score (nSPS) is 14.6. The van der Waals surface area contributed by atoms with Crippen molar-refractivity contribution in [3.8, 4) is 0 Å². The van der Waals surface area contributed by atoms with Gasteiger partial charge in [-0.25, -0.2) is 4.79 Å². The third kappa shape index (κ3) is 11.9. The fraction of sp³-hybridized carbons (Fsp3) is 0.824. The molecule has 0 rings (SSSR count). The molecule has 24 heavy (non-hydrogen) atoms. The summed E-state index contributed by atoms with van der Waals surface area (Å²) in [6.45, 7) is 3.73. The Bertz CT molecular complexity index is 410. The average molecular weight is 344 g/mol. The van der Waals surface area contributed by atoms with E-state index in [0.717, 1.165) is 19.3 Å². The number of aliphatic hydroxyl groups is 1. The summed E-state index contributed by atoms with van der Waals surface area (Å²) in [5, 5.41) is 21.7. The van der Waals surface area contributed by atoms with Gasteiger partial charge >= 0.3 is 5.97 Å². The minimum Gasteiger partial charge on any atom is -0.480 e. The Labute approximate surface area is 144 Å². The zero-order valence-corrected chi connectivity index (χ0v) is 14.8. The van der Waals surface area contributed by atoms with Crippen LogP contribution in [0, 0.1) is 0 Å². The lowest BCUT2D eigenvalue weighted by Gasteiger charge is -2.24. The van der Waals surface area contributed by atoms with Crippen molar-refractivity contribution in [1.29, 1.82) is 0 Å². The number of carbonyl (C=O) groups is 3. The Hall–Kier alpha value is -1.63. The first-order valence-electron chi connectivity index (χ1n) is 8.71. The molecule has 0 aromatic rings. The number of aliphatic carboxylic acids is 1. The molecule has 0 aliphatic carbocycles. The number of nitrogens with two attached hydrogens (primary N) is 1. The molecule has 7 nitrogen and oxygen atoms in total. The van der Waals surface area contributed by atoms with E-state index in [9.17, 15) is 19.5 Å². The molecule has 0 radical (unpaired) electrons. The number of amides is 2. The molecule has 0 saturated heterocycles. The van der Waals surface area contributed by atoms with E-state index in [-0.39, 0.29) is 19.3 Å². The molecule has 0 spiro atoms. The van der Waals surface area contributed by atoms with Crippen molar-refractivity contribution < 1.29 is 24.6 Å². The standard InChI is InChI=1S/C17H32N2O5/c1-3-4-5-6-7-8-11-17(2,24)12-15(21)19-13(16(22)23)9-10-14(18)20/h13,24H,3-12H2,1-2H3,(H2,18,20)(H,19,21)(H,22,23). The van der Waals surface area contributed by atoms with Crippen LogP contribution >= 0.6 is 0 Å². The lowest BCUT2D eigenvalue weighted by Crippen LogP contribution is -2.44. The zero-order chi connectivity index (χ0) is 18.6. The second-order valence-electron chi connectivity index (χ2n) is 6.65. The van der Waals surface area contributed by atoms with Gasteiger partial charge in [-0.15, -0.1) is 0 Å². The quantitative estimate of drug-likeness (QED) is 0.356. The van der Waals surface area contributed by atoms with E-state index < -0.39 is 29.4 Å². The van der Waals surface area contributed by atoms with E-state index in [1.165, 1.54) is 19.3 Å². The number of carbonyl (C=O) groups excluding carboxylic acids is 2. The summed E-state index contributed by atoms with van der Waals surface area (Å²) < 4.78 is 0. The first-order valence-corrected chi connectivity index (χ1v) is 8.71. The SMILES string of the molecule is CCCCCCCCC(C)(O)CC(=O)NC(CCC(N)=O)C(=O)O. The van der Waals surface area contributed by atoms with E-state index >= 15 is 0 Å². The first-order chi connectivity index (χ1) is 11.2. The molecule has 2 atom stereocenters. The van der Waals surface area contributed by atoms with Gasteiger partial charge < -0.3 is 21.3 Å². The van der Waals surface area contributed by atoms with Crippen molar-refractivity contribution in [2.24, 2.45) is 5.73 Å². The molecular formula is C17H32N2O5. The molecule has 0 bridgehead atoms. The topological polar surface area (TPSA) is 130 Å². The van der Waals surface area contributed by atoms with Gasteiger partial charge in [0.15, 0.2) is 0 Å². The number of hydrogen-bond acceptors (Lipinski definition) is 4. The van der Waals surface area contributed by atoms with Crippen LogP contribution in [0.1, 0.15) is 78.1 Å². The van der Waals surface area contributed by atoms with E-state index in [0.29, 0.717) is 6.42 Å². The van der Waals surface area contributed by atoms with Crippen molar-refractivity contribution in [2.75, 3.05) is 0 Å². The van der Waals surface area contributed by atoms with Crippen LogP contribution in [0.4, 0.5) is 0 Å². The van der Waals surface area contributed by atoms with Crippen LogP contribution in [-0.2, 0) is 14.4 Å². The van der Waals surface area contributed by atoms with Crippen LogP contribution in [0.5, 0.6) is 0 Å². The predicted molar refractivity (Wildman–Crippen MR) is 91.2 cm³/mol. The number of carboxylic acid groups (broad SMARTS) is 1. The lowest BCUT2D eigenvalue weighted by atomic mass is 9.93. The molecule has 140 valence electrons. The predicted octanol–water partition coefficient (Wildman–Crippen LogP) is 1.71. The Kier molecular flexibility index (Phi) is 11.0. The molecule has 0 aromatic heterocycles. The Morgan fingerprint density at radius 2 is 1.71 bits per heavy atom. The van der Waals surface area contributed by atoms with Crippen LogP contribution < -0.4 is 11.1 Å². The summed E-state index contributed by atoms with van der Waals surface area (Å²) in [5.74, 6) is -2.38. The van der Waals surface area contributed by atoms with Crippen molar-refractivity contribution in [1.82, 2.24) is 5.32 Å². The highest BCUT2D eigenvalue weighted by molar-refractivity contribution is 5.84. The molecule has 0 aliphatic heterocycles. The molecule has 0 heterocycles. The maximum Gasteiger partial charge on any atom is 0.326 e. The highest BCUT2D eigenvalue weighted by atomic mass is 16.4. The highest BCUT2D eigenvalue weighted by Gasteiger charge is 2.27. The summed E-state index contributed by atoms with van der Waals surface area (Å²) in [5.41, 5.74) is 3.82. The van der Waals surface area contributed by atoms with Crippen LogP contribution in [0.3, 0.4) is 0 Å². The smallest absolute Gasteiger partial charge is 0.326 e. The van der Waals surface area contributed by atoms with Crippen molar-refractivity contribution >= 4 is 17.8 Å². The van der Waals surface area contributed by atoms with Crippen molar-refractivity contribution in [3.05, 3.63) is 0 Å². The number of rotatable bonds is 14. The first kappa shape index (κ1) is 22.4. The summed E-state index contributed by atoms with van der Waals surface area (Å²) in [6.07, 6.45) is 6.67. The number of unbranched alkanes of at least 4 members (excludes halogenated alkanes) is 5. The summed E-state index contributed by atoms with van der Waals surface area (Å²) in [4.78, 5) is 33.8. The van der Waals surface area contributed by atoms with Crippen molar-refractivity contribution in [2.45, 2.75) is 89.7 Å². The van der Waals surface area contributed by atoms with E-state index in [1.54, 1.807) is 6.92 Å². The molecule has 0 aliphatic rings. The molecule has 0 aromatic carbocycles. The van der Waals surface area contributed by atoms with Gasteiger partial charge in [-0.2, -0.15) is 0 Å². The highest BCUT2D eigenvalue weighted by Crippen LogP contribution is 2.19. The minimum absolute atomic E-state index is 0.0595. The molecule has 2 unspecified atom stereocenters. The fourth-order valence-electron chi connectivity index (χ4n) is 2.51. The van der Waals surface area contributed by atoms with Gasteiger partial charge in [0.05, 0.1) is 12.0 Å². The lowest BCUT2D eigenvalue weighted by molar-refractivity contribution is -0.143. The Morgan fingerprint density at radius 3 is 2.25 bits per heavy atom. The largest absolute Gasteiger partial charge is 0.480 e. The maximum absolute atomic E-state index is 11.9. The van der Waals surface area contributed by atoms with Gasteiger partial charge in [-0.1, -0.05) is 45.4 Å². The van der Waals surface area contributed by atoms with Gasteiger partial charge in [-0.05, 0) is 19.8 Å². The number of primary amides is 1. The molecule has 0 saturated carbocycles. The van der Waals surface area contributed by atoms with Crippen LogP contribution in [0.25, 0.3) is 0 Å². The van der Waals surface area contributed by atoms with Crippen molar-refractivity contribution in [3.63, 3.8) is 0 Å². The van der Waals surface area contributed by atoms with E-state index in [2.05, 4.69) is 12.2 Å². The summed E-state index contributed by atoms with van der Waals surface area (Å²) in [7, 11) is 0. The molecule has 5 N–H and O–H groups in total. The monoisotopic (exact) mass is 344 g/mol. The zero-order valence-electron chi connectivity index (χ0n) is 14.8. The maximum atomic E-state index is 11.9. The third-order valence-electron chi connectivity index (χ3n) is 3.92. The third-order valence-corrected chi connectivity index (χ3v) is 3.92. The van der Waals surface area contributed by atoms with Crippen LogP contribution in [0.15, 0.2) is 0 Å². The number of carboxylic acids is 1. The van der Waals surface area contributed by atoms with Gasteiger partial charge in [0, 0.05) is 6.42 Å². The van der Waals surface area contributed by atoms with Gasteiger partial charge in [-0.3, -0.25) is 9.59 Å². The van der Waals surface area contributed by atoms with Crippen LogP contribution in [0.2, 0.25) is 0 Å².